The average Bonchev–Trinajstić information content (AvgIpc) is 3.28. The predicted octanol–water partition coefficient (Wildman–Crippen LogP) is 0.896. The fourth-order valence-corrected chi connectivity index (χ4v) is 3.74. The number of amides is 1. The fourth-order valence-electron chi connectivity index (χ4n) is 3.74. The molecule has 1 aliphatic heterocycles. The van der Waals surface area contributed by atoms with E-state index in [1.807, 2.05) is 7.05 Å². The van der Waals surface area contributed by atoms with Gasteiger partial charge in [-0.2, -0.15) is 0 Å². The Bertz CT molecular complexity index is 435. The summed E-state index contributed by atoms with van der Waals surface area (Å²) >= 11 is 0. The van der Waals surface area contributed by atoms with Gasteiger partial charge in [0.2, 0.25) is 5.91 Å². The Labute approximate surface area is 146 Å². The van der Waals surface area contributed by atoms with Crippen LogP contribution in [0.1, 0.15) is 38.5 Å². The van der Waals surface area contributed by atoms with Crippen LogP contribution in [-0.2, 0) is 4.79 Å². The zero-order chi connectivity index (χ0) is 16.8. The molecule has 0 unspecified atom stereocenters. The topological polar surface area (TPSA) is 60.0 Å². The lowest BCUT2D eigenvalue weighted by molar-refractivity contribution is -0.137. The van der Waals surface area contributed by atoms with Crippen LogP contribution in [0.4, 0.5) is 0 Å². The maximum Gasteiger partial charge on any atom is 0.225 e. The van der Waals surface area contributed by atoms with E-state index in [2.05, 4.69) is 25.4 Å². The summed E-state index contributed by atoms with van der Waals surface area (Å²) in [4.78, 5) is 21.3. The Balaban J connectivity index is 1.29. The van der Waals surface area contributed by atoms with Crippen LogP contribution in [0.5, 0.6) is 0 Å². The van der Waals surface area contributed by atoms with Gasteiger partial charge in [-0.05, 0) is 31.6 Å². The molecular weight excluding hydrogens is 302 g/mol. The molecule has 6 heteroatoms. The minimum absolute atomic E-state index is 0.319. The number of aliphatic imine (C=N–C) groups is 1. The molecule has 0 aromatic heterocycles. The van der Waals surface area contributed by atoms with Gasteiger partial charge in [-0.1, -0.05) is 12.8 Å². The van der Waals surface area contributed by atoms with Gasteiger partial charge in [0.05, 0.1) is 0 Å². The van der Waals surface area contributed by atoms with Crippen molar-refractivity contribution in [3.8, 4) is 0 Å². The molecule has 2 aliphatic carbocycles. The number of nitrogens with one attached hydrogen (secondary N) is 2. The molecule has 1 amide bonds. The second-order valence-electron chi connectivity index (χ2n) is 7.47. The quantitative estimate of drug-likeness (QED) is 0.559. The van der Waals surface area contributed by atoms with E-state index >= 15 is 0 Å². The maximum atomic E-state index is 12.5. The van der Waals surface area contributed by atoms with Crippen LogP contribution in [0.15, 0.2) is 4.99 Å². The predicted molar refractivity (Wildman–Crippen MR) is 97.1 cm³/mol. The first-order valence-corrected chi connectivity index (χ1v) is 9.72. The van der Waals surface area contributed by atoms with Gasteiger partial charge in [-0.3, -0.25) is 14.7 Å². The van der Waals surface area contributed by atoms with Gasteiger partial charge in [-0.25, -0.2) is 0 Å². The van der Waals surface area contributed by atoms with Crippen LogP contribution in [0.2, 0.25) is 0 Å². The van der Waals surface area contributed by atoms with E-state index in [9.17, 15) is 4.79 Å². The first-order valence-electron chi connectivity index (χ1n) is 9.72. The molecule has 0 aromatic carbocycles. The molecule has 1 saturated heterocycles. The summed E-state index contributed by atoms with van der Waals surface area (Å²) in [5, 5.41) is 6.79. The van der Waals surface area contributed by atoms with Crippen molar-refractivity contribution in [2.75, 3.05) is 52.9 Å². The molecule has 24 heavy (non-hydrogen) atoms. The number of guanidine groups is 1. The van der Waals surface area contributed by atoms with E-state index in [1.54, 1.807) is 0 Å². The molecule has 0 bridgehead atoms. The zero-order valence-corrected chi connectivity index (χ0v) is 15.1. The lowest BCUT2D eigenvalue weighted by atomic mass is 10.1. The maximum absolute atomic E-state index is 12.5. The highest BCUT2D eigenvalue weighted by Crippen LogP contribution is 2.27. The summed E-state index contributed by atoms with van der Waals surface area (Å²) in [6.45, 7) is 6.73. The lowest BCUT2D eigenvalue weighted by Gasteiger charge is -2.36. The Morgan fingerprint density at radius 2 is 1.75 bits per heavy atom. The number of hydrogen-bond donors (Lipinski definition) is 2. The van der Waals surface area contributed by atoms with Crippen LogP contribution in [0.25, 0.3) is 0 Å². The third kappa shape index (κ3) is 5.10. The minimum atomic E-state index is 0.319. The second-order valence-corrected chi connectivity index (χ2v) is 7.47. The molecule has 3 rings (SSSR count). The monoisotopic (exact) mass is 335 g/mol. The van der Waals surface area contributed by atoms with Crippen LogP contribution >= 0.6 is 0 Å². The van der Waals surface area contributed by atoms with Gasteiger partial charge in [0.25, 0.3) is 0 Å². The van der Waals surface area contributed by atoms with Crippen LogP contribution in [-0.4, -0.2) is 74.5 Å². The van der Waals surface area contributed by atoms with Crippen molar-refractivity contribution in [3.63, 3.8) is 0 Å². The highest BCUT2D eigenvalue weighted by molar-refractivity contribution is 5.79. The van der Waals surface area contributed by atoms with Crippen molar-refractivity contribution >= 4 is 11.9 Å². The number of carbonyl (C=O) groups is 1. The molecule has 3 fully saturated rings. The minimum Gasteiger partial charge on any atom is -0.356 e. The normalized spacial score (nSPS) is 23.5. The van der Waals surface area contributed by atoms with Crippen LogP contribution in [0.3, 0.4) is 0 Å². The van der Waals surface area contributed by atoms with Crippen molar-refractivity contribution in [1.82, 2.24) is 20.4 Å². The standard InChI is InChI=1S/C18H33N5O/c1-19-18(21-14-15-6-7-15)20-8-9-22-10-12-23(13-11-22)17(24)16-4-2-3-5-16/h15-16H,2-14H2,1H3,(H2,19,20,21). The lowest BCUT2D eigenvalue weighted by Crippen LogP contribution is -2.52. The first kappa shape index (κ1) is 17.5. The SMILES string of the molecule is CN=C(NCCN1CCN(C(=O)C2CCCC2)CC1)NCC1CC1. The summed E-state index contributed by atoms with van der Waals surface area (Å²) in [5.41, 5.74) is 0. The van der Waals surface area contributed by atoms with Gasteiger partial charge < -0.3 is 15.5 Å². The Morgan fingerprint density at radius 3 is 2.38 bits per heavy atom. The fraction of sp³-hybridized carbons (Fsp3) is 0.889. The number of rotatable bonds is 6. The van der Waals surface area contributed by atoms with E-state index in [4.69, 9.17) is 0 Å². The summed E-state index contributed by atoms with van der Waals surface area (Å²) in [6.07, 6.45) is 7.39. The molecule has 2 N–H and O–H groups in total. The molecule has 6 nitrogen and oxygen atoms in total. The molecule has 136 valence electrons. The van der Waals surface area contributed by atoms with Crippen molar-refractivity contribution in [3.05, 3.63) is 0 Å². The molecule has 0 radical (unpaired) electrons. The highest BCUT2D eigenvalue weighted by atomic mass is 16.2. The van der Waals surface area contributed by atoms with E-state index in [1.165, 1.54) is 25.7 Å². The number of hydrogen-bond acceptors (Lipinski definition) is 3. The summed E-state index contributed by atoms with van der Waals surface area (Å²) < 4.78 is 0. The zero-order valence-electron chi connectivity index (χ0n) is 15.1. The molecule has 0 atom stereocenters. The summed E-state index contributed by atoms with van der Waals surface area (Å²) in [5.74, 6) is 2.50. The Kier molecular flexibility index (Phi) is 6.35. The van der Waals surface area contributed by atoms with Gasteiger partial charge in [-0.15, -0.1) is 0 Å². The molecule has 0 spiro atoms. The second kappa shape index (κ2) is 8.70. The number of piperazine rings is 1. The largest absolute Gasteiger partial charge is 0.356 e. The molecule has 2 saturated carbocycles. The Hall–Kier alpha value is -1.30. The van der Waals surface area contributed by atoms with Gasteiger partial charge in [0.15, 0.2) is 5.96 Å². The first-order chi connectivity index (χ1) is 11.8. The molecule has 1 heterocycles. The molecule has 3 aliphatic rings. The van der Waals surface area contributed by atoms with Gasteiger partial charge in [0, 0.05) is 58.8 Å². The number of nitrogens with zero attached hydrogens (tertiary/aromatic N) is 3. The van der Waals surface area contributed by atoms with Crippen molar-refractivity contribution in [2.24, 2.45) is 16.8 Å². The van der Waals surface area contributed by atoms with Crippen LogP contribution < -0.4 is 10.6 Å². The van der Waals surface area contributed by atoms with Crippen LogP contribution in [0, 0.1) is 11.8 Å². The highest BCUT2D eigenvalue weighted by Gasteiger charge is 2.29. The van der Waals surface area contributed by atoms with E-state index < -0.39 is 0 Å². The molecular formula is C18H33N5O. The van der Waals surface area contributed by atoms with Crippen molar-refractivity contribution < 1.29 is 4.79 Å². The third-order valence-corrected chi connectivity index (χ3v) is 5.59. The van der Waals surface area contributed by atoms with E-state index in [0.29, 0.717) is 11.8 Å². The van der Waals surface area contributed by atoms with Gasteiger partial charge in [0.1, 0.15) is 0 Å². The summed E-state index contributed by atoms with van der Waals surface area (Å²) in [7, 11) is 1.83. The van der Waals surface area contributed by atoms with E-state index in [-0.39, 0.29) is 0 Å². The summed E-state index contributed by atoms with van der Waals surface area (Å²) in [6, 6.07) is 0. The van der Waals surface area contributed by atoms with Gasteiger partial charge >= 0.3 is 0 Å². The average molecular weight is 335 g/mol. The number of carbonyl (C=O) groups excluding carboxylic acids is 1. The van der Waals surface area contributed by atoms with Crippen molar-refractivity contribution in [2.45, 2.75) is 38.5 Å². The third-order valence-electron chi connectivity index (χ3n) is 5.59. The van der Waals surface area contributed by atoms with E-state index in [0.717, 1.165) is 70.5 Å². The van der Waals surface area contributed by atoms with Crippen molar-refractivity contribution in [1.29, 1.82) is 0 Å². The smallest absolute Gasteiger partial charge is 0.225 e. The molecule has 0 aromatic rings. The Morgan fingerprint density at radius 1 is 1.04 bits per heavy atom.